The summed E-state index contributed by atoms with van der Waals surface area (Å²) < 4.78 is 9.37. The number of amides is 2. The second-order valence-electron chi connectivity index (χ2n) is 10.4. The first-order chi connectivity index (χ1) is 18.0. The first-order valence-corrected chi connectivity index (χ1v) is 13.0. The van der Waals surface area contributed by atoms with Crippen molar-refractivity contribution in [2.75, 3.05) is 7.11 Å². The maximum Gasteiger partial charge on any atom is 0.273 e. The Labute approximate surface area is 216 Å². The number of carbonyl (C=O) groups is 2. The molecule has 190 valence electrons. The van der Waals surface area contributed by atoms with E-state index in [4.69, 9.17) is 4.74 Å². The highest BCUT2D eigenvalue weighted by Gasteiger charge is 2.49. The quantitative estimate of drug-likeness (QED) is 0.412. The highest BCUT2D eigenvalue weighted by atomic mass is 16.5. The van der Waals surface area contributed by atoms with E-state index in [1.165, 1.54) is 0 Å². The second-order valence-corrected chi connectivity index (χ2v) is 10.4. The van der Waals surface area contributed by atoms with Crippen LogP contribution in [-0.2, 0) is 17.9 Å². The van der Waals surface area contributed by atoms with Crippen LogP contribution in [0, 0.1) is 0 Å². The van der Waals surface area contributed by atoms with Crippen LogP contribution in [-0.4, -0.2) is 44.5 Å². The van der Waals surface area contributed by atoms with Crippen molar-refractivity contribution in [3.63, 3.8) is 0 Å². The van der Waals surface area contributed by atoms with Gasteiger partial charge in [-0.3, -0.25) is 9.59 Å². The van der Waals surface area contributed by atoms with E-state index < -0.39 is 5.54 Å². The van der Waals surface area contributed by atoms with Gasteiger partial charge in [0.15, 0.2) is 0 Å². The van der Waals surface area contributed by atoms with Gasteiger partial charge in [-0.2, -0.15) is 0 Å². The molecule has 0 saturated heterocycles. The third kappa shape index (κ3) is 3.89. The molecule has 2 aliphatic rings. The van der Waals surface area contributed by atoms with Gasteiger partial charge < -0.3 is 24.1 Å². The topological polar surface area (TPSA) is 68.5 Å². The zero-order valence-corrected chi connectivity index (χ0v) is 21.3. The largest absolute Gasteiger partial charge is 0.497 e. The minimum absolute atomic E-state index is 0.0905. The van der Waals surface area contributed by atoms with Gasteiger partial charge in [-0.1, -0.05) is 43.2 Å². The van der Waals surface area contributed by atoms with E-state index >= 15 is 0 Å². The van der Waals surface area contributed by atoms with Crippen molar-refractivity contribution in [1.82, 2.24) is 19.4 Å². The number of nitrogens with one attached hydrogen (secondary N) is 1. The maximum absolute atomic E-state index is 14.5. The summed E-state index contributed by atoms with van der Waals surface area (Å²) in [6.07, 6.45) is 8.16. The average Bonchev–Trinajstić information content (AvgIpc) is 3.68. The number of hydrogen-bond acceptors (Lipinski definition) is 3. The number of methoxy groups -OCH3 is 1. The molecule has 37 heavy (non-hydrogen) atoms. The van der Waals surface area contributed by atoms with Crippen molar-refractivity contribution in [1.29, 1.82) is 0 Å². The number of para-hydroxylation sites is 1. The Morgan fingerprint density at radius 1 is 1.03 bits per heavy atom. The minimum Gasteiger partial charge on any atom is -0.497 e. The van der Waals surface area contributed by atoms with Crippen molar-refractivity contribution >= 4 is 22.7 Å². The smallest absolute Gasteiger partial charge is 0.273 e. The molecular formula is C30H32N4O3. The Balaban J connectivity index is 1.49. The fraction of sp³-hybridized carbons (Fsp3) is 0.333. The van der Waals surface area contributed by atoms with Gasteiger partial charge in [-0.25, -0.2) is 0 Å². The van der Waals surface area contributed by atoms with Crippen LogP contribution in [0.1, 0.15) is 48.7 Å². The van der Waals surface area contributed by atoms with Gasteiger partial charge >= 0.3 is 0 Å². The molecule has 2 aromatic carbocycles. The molecule has 2 aromatic heterocycles. The van der Waals surface area contributed by atoms with E-state index in [1.807, 2.05) is 89.1 Å². The fourth-order valence-corrected chi connectivity index (χ4v) is 5.92. The highest BCUT2D eigenvalue weighted by molar-refractivity contribution is 6.08. The maximum atomic E-state index is 14.5. The molecule has 0 bridgehead atoms. The second kappa shape index (κ2) is 9.14. The lowest BCUT2D eigenvalue weighted by Crippen LogP contribution is -2.64. The molecule has 0 radical (unpaired) electrons. The van der Waals surface area contributed by atoms with Gasteiger partial charge in [-0.15, -0.1) is 0 Å². The predicted octanol–water partition coefficient (Wildman–Crippen LogP) is 4.91. The van der Waals surface area contributed by atoms with Gasteiger partial charge in [0.25, 0.3) is 5.91 Å². The summed E-state index contributed by atoms with van der Waals surface area (Å²) in [6.45, 7) is 2.61. The van der Waals surface area contributed by atoms with Crippen molar-refractivity contribution in [3.8, 4) is 11.4 Å². The summed E-state index contributed by atoms with van der Waals surface area (Å²) in [4.78, 5) is 30.2. The number of carbonyl (C=O) groups excluding carboxylic acids is 2. The summed E-state index contributed by atoms with van der Waals surface area (Å²) in [5.74, 6) is 0.517. The van der Waals surface area contributed by atoms with Gasteiger partial charge in [0.05, 0.1) is 24.9 Å². The Hall–Kier alpha value is -4.00. The van der Waals surface area contributed by atoms with Crippen LogP contribution < -0.4 is 10.1 Å². The van der Waals surface area contributed by atoms with E-state index in [0.29, 0.717) is 18.8 Å². The summed E-state index contributed by atoms with van der Waals surface area (Å²) in [5, 5.41) is 4.28. The molecule has 1 N–H and O–H groups in total. The molecule has 7 heteroatoms. The average molecular weight is 497 g/mol. The number of rotatable bonds is 6. The Kier molecular flexibility index (Phi) is 5.78. The number of aromatic nitrogens is 2. The number of benzene rings is 2. The van der Waals surface area contributed by atoms with E-state index in [0.717, 1.165) is 53.6 Å². The van der Waals surface area contributed by atoms with Gasteiger partial charge in [0, 0.05) is 30.4 Å². The predicted molar refractivity (Wildman–Crippen MR) is 143 cm³/mol. The molecule has 3 heterocycles. The summed E-state index contributed by atoms with van der Waals surface area (Å²) in [5.41, 5.74) is 2.31. The molecule has 7 nitrogen and oxygen atoms in total. The van der Waals surface area contributed by atoms with Crippen molar-refractivity contribution in [3.05, 3.63) is 84.3 Å². The molecular weight excluding hydrogens is 464 g/mol. The van der Waals surface area contributed by atoms with Crippen LogP contribution in [0.4, 0.5) is 0 Å². The molecule has 6 rings (SSSR count). The van der Waals surface area contributed by atoms with Crippen molar-refractivity contribution in [2.24, 2.45) is 0 Å². The molecule has 2 amide bonds. The summed E-state index contributed by atoms with van der Waals surface area (Å²) in [6, 6.07) is 19.8. The molecule has 1 aliphatic carbocycles. The van der Waals surface area contributed by atoms with Crippen molar-refractivity contribution < 1.29 is 14.3 Å². The van der Waals surface area contributed by atoms with E-state index in [-0.39, 0.29) is 17.9 Å². The molecule has 1 aliphatic heterocycles. The van der Waals surface area contributed by atoms with Crippen molar-refractivity contribution in [2.45, 2.75) is 57.3 Å². The lowest BCUT2D eigenvalue weighted by atomic mass is 9.93. The number of nitrogens with zero attached hydrogens (tertiary/aromatic N) is 3. The zero-order chi connectivity index (χ0) is 25.6. The van der Waals surface area contributed by atoms with Crippen LogP contribution >= 0.6 is 0 Å². The zero-order valence-electron chi connectivity index (χ0n) is 21.3. The molecule has 1 unspecified atom stereocenters. The minimum atomic E-state index is -1.05. The Morgan fingerprint density at radius 3 is 2.43 bits per heavy atom. The van der Waals surface area contributed by atoms with Gasteiger partial charge in [0.2, 0.25) is 5.91 Å². The molecule has 0 spiro atoms. The van der Waals surface area contributed by atoms with Crippen LogP contribution in [0.25, 0.3) is 16.6 Å². The molecule has 1 fully saturated rings. The first kappa shape index (κ1) is 23.4. The lowest BCUT2D eigenvalue weighted by molar-refractivity contribution is -0.133. The molecule has 1 atom stereocenters. The Morgan fingerprint density at radius 2 is 1.73 bits per heavy atom. The SMILES string of the molecule is COc1ccc(CN2C(=O)c3c(-n4cccc4)c4ccccc4n3CC2(C)C(=O)NC2CCCC2)cc1. The van der Waals surface area contributed by atoms with Gasteiger partial charge in [-0.05, 0) is 55.7 Å². The Bertz CT molecular complexity index is 1450. The van der Waals surface area contributed by atoms with Crippen LogP contribution in [0.2, 0.25) is 0 Å². The van der Waals surface area contributed by atoms with Crippen LogP contribution in [0.15, 0.2) is 73.1 Å². The highest BCUT2D eigenvalue weighted by Crippen LogP contribution is 2.38. The first-order valence-electron chi connectivity index (χ1n) is 13.0. The van der Waals surface area contributed by atoms with Crippen LogP contribution in [0.3, 0.4) is 0 Å². The number of fused-ring (bicyclic) bond motifs is 3. The third-order valence-corrected chi connectivity index (χ3v) is 8.00. The normalized spacial score (nSPS) is 19.8. The molecule has 1 saturated carbocycles. The fourth-order valence-electron chi connectivity index (χ4n) is 5.92. The summed E-state index contributed by atoms with van der Waals surface area (Å²) in [7, 11) is 1.63. The monoisotopic (exact) mass is 496 g/mol. The third-order valence-electron chi connectivity index (χ3n) is 8.00. The van der Waals surface area contributed by atoms with Gasteiger partial charge in [0.1, 0.15) is 17.0 Å². The number of ether oxygens (including phenoxy) is 1. The van der Waals surface area contributed by atoms with E-state index in [2.05, 4.69) is 5.32 Å². The lowest BCUT2D eigenvalue weighted by Gasteiger charge is -2.44. The number of hydrogen-bond donors (Lipinski definition) is 1. The van der Waals surface area contributed by atoms with E-state index in [1.54, 1.807) is 12.0 Å². The standard InChI is InChI=1S/C30H32N4O3/c1-30(29(36)31-22-9-3-4-10-22)20-33-25-12-6-5-11-24(25)26(32-17-7-8-18-32)27(33)28(35)34(30)19-21-13-15-23(37-2)16-14-21/h5-8,11-18,22H,3-4,9-10,19-20H2,1-2H3,(H,31,36). The molecule has 4 aromatic rings. The van der Waals surface area contributed by atoms with Crippen LogP contribution in [0.5, 0.6) is 5.75 Å². The summed E-state index contributed by atoms with van der Waals surface area (Å²) >= 11 is 0. The van der Waals surface area contributed by atoms with E-state index in [9.17, 15) is 9.59 Å².